The van der Waals surface area contributed by atoms with Gasteiger partial charge in [0.1, 0.15) is 5.82 Å². The zero-order chi connectivity index (χ0) is 17.4. The highest BCUT2D eigenvalue weighted by molar-refractivity contribution is 6.08. The van der Waals surface area contributed by atoms with Crippen LogP contribution in [-0.2, 0) is 4.74 Å². The second-order valence-electron chi connectivity index (χ2n) is 5.08. The molecule has 2 rings (SSSR count). The Morgan fingerprint density at radius 1 is 1.17 bits per heavy atom. The van der Waals surface area contributed by atoms with E-state index in [0.29, 0.717) is 22.6 Å². The minimum atomic E-state index is -0.464. The van der Waals surface area contributed by atoms with Crippen molar-refractivity contribution >= 4 is 23.4 Å². The lowest BCUT2D eigenvalue weighted by molar-refractivity contribution is 0.0527. The fraction of sp³-hybridized carbons (Fsp3) is 0.278. The molecule has 1 aromatic carbocycles. The Morgan fingerprint density at radius 3 is 2.71 bits per heavy atom. The highest BCUT2D eigenvalue weighted by Gasteiger charge is 2.15. The molecular weight excluding hydrogens is 306 g/mol. The van der Waals surface area contributed by atoms with Gasteiger partial charge >= 0.3 is 5.97 Å². The Hall–Kier alpha value is -2.89. The first-order chi connectivity index (χ1) is 11.7. The average molecular weight is 327 g/mol. The number of rotatable bonds is 7. The van der Waals surface area contributed by atoms with Gasteiger partial charge in [0.25, 0.3) is 5.91 Å². The summed E-state index contributed by atoms with van der Waals surface area (Å²) in [7, 11) is 0. The lowest BCUT2D eigenvalue weighted by Crippen LogP contribution is -2.16. The standard InChI is InChI=1S/C18H21N3O3/c1-3-10-19-16-12-13(9-11-20-16)17(22)21-15-8-6-5-7-14(15)18(23)24-4-2/h5-9,11-12H,3-4,10H2,1-2H3,(H,19,20)(H,21,22). The number of hydrogen-bond donors (Lipinski definition) is 2. The van der Waals surface area contributed by atoms with E-state index in [4.69, 9.17) is 4.74 Å². The normalized spacial score (nSPS) is 10.1. The van der Waals surface area contributed by atoms with Gasteiger partial charge in [-0.25, -0.2) is 9.78 Å². The van der Waals surface area contributed by atoms with Gasteiger partial charge in [-0.3, -0.25) is 4.79 Å². The molecule has 0 saturated carbocycles. The van der Waals surface area contributed by atoms with E-state index in [1.807, 2.05) is 0 Å². The molecule has 2 N–H and O–H groups in total. The molecular formula is C18H21N3O3. The molecule has 0 spiro atoms. The molecule has 1 heterocycles. The SMILES string of the molecule is CCCNc1cc(C(=O)Nc2ccccc2C(=O)OCC)ccn1. The Bertz CT molecular complexity index is 716. The molecule has 1 amide bonds. The maximum Gasteiger partial charge on any atom is 0.340 e. The summed E-state index contributed by atoms with van der Waals surface area (Å²) in [5, 5.41) is 5.89. The van der Waals surface area contributed by atoms with Crippen molar-refractivity contribution in [3.8, 4) is 0 Å². The first-order valence-electron chi connectivity index (χ1n) is 7.93. The average Bonchev–Trinajstić information content (AvgIpc) is 2.61. The number of benzene rings is 1. The first-order valence-corrected chi connectivity index (χ1v) is 7.93. The van der Waals surface area contributed by atoms with Gasteiger partial charge in [-0.15, -0.1) is 0 Å². The molecule has 6 nitrogen and oxygen atoms in total. The molecule has 0 radical (unpaired) electrons. The maximum absolute atomic E-state index is 12.5. The number of amides is 1. The summed E-state index contributed by atoms with van der Waals surface area (Å²) in [5.74, 6) is -0.134. The van der Waals surface area contributed by atoms with Crippen LogP contribution in [0, 0.1) is 0 Å². The lowest BCUT2D eigenvalue weighted by Gasteiger charge is -2.11. The third-order valence-electron chi connectivity index (χ3n) is 3.25. The molecule has 0 aliphatic heterocycles. The largest absolute Gasteiger partial charge is 0.462 e. The molecule has 24 heavy (non-hydrogen) atoms. The van der Waals surface area contributed by atoms with Crippen molar-refractivity contribution in [1.82, 2.24) is 4.98 Å². The molecule has 1 aromatic heterocycles. The summed E-state index contributed by atoms with van der Waals surface area (Å²) in [5.41, 5.74) is 1.20. The van der Waals surface area contributed by atoms with Crippen molar-refractivity contribution in [3.05, 3.63) is 53.7 Å². The van der Waals surface area contributed by atoms with Crippen molar-refractivity contribution in [3.63, 3.8) is 0 Å². The van der Waals surface area contributed by atoms with E-state index in [2.05, 4.69) is 22.5 Å². The molecule has 0 aliphatic carbocycles. The van der Waals surface area contributed by atoms with Crippen molar-refractivity contribution < 1.29 is 14.3 Å². The van der Waals surface area contributed by atoms with Crippen LogP contribution in [0.5, 0.6) is 0 Å². The first kappa shape index (κ1) is 17.5. The molecule has 0 unspecified atom stereocenters. The fourth-order valence-corrected chi connectivity index (χ4v) is 2.09. The number of esters is 1. The third kappa shape index (κ3) is 4.55. The van der Waals surface area contributed by atoms with Crippen LogP contribution < -0.4 is 10.6 Å². The molecule has 2 aromatic rings. The van der Waals surface area contributed by atoms with Gasteiger partial charge < -0.3 is 15.4 Å². The number of carbonyl (C=O) groups excluding carboxylic acids is 2. The number of nitrogens with zero attached hydrogens (tertiary/aromatic N) is 1. The van der Waals surface area contributed by atoms with E-state index < -0.39 is 5.97 Å². The van der Waals surface area contributed by atoms with Crippen LogP contribution in [0.15, 0.2) is 42.6 Å². The van der Waals surface area contributed by atoms with E-state index in [9.17, 15) is 9.59 Å². The van der Waals surface area contributed by atoms with Crippen LogP contribution in [0.25, 0.3) is 0 Å². The van der Waals surface area contributed by atoms with Gasteiger partial charge in [-0.05, 0) is 37.6 Å². The van der Waals surface area contributed by atoms with Crippen molar-refractivity contribution in [2.45, 2.75) is 20.3 Å². The van der Waals surface area contributed by atoms with E-state index in [1.54, 1.807) is 49.5 Å². The summed E-state index contributed by atoms with van der Waals surface area (Å²) in [6.07, 6.45) is 2.54. The van der Waals surface area contributed by atoms with Crippen LogP contribution in [0.1, 0.15) is 41.0 Å². The Labute approximate surface area is 141 Å². The Morgan fingerprint density at radius 2 is 1.96 bits per heavy atom. The zero-order valence-corrected chi connectivity index (χ0v) is 13.8. The summed E-state index contributed by atoms with van der Waals surface area (Å²) in [6, 6.07) is 10.1. The van der Waals surface area contributed by atoms with Gasteiger partial charge in [0.2, 0.25) is 0 Å². The summed E-state index contributed by atoms with van der Waals surface area (Å²) >= 11 is 0. The number of carbonyl (C=O) groups is 2. The quantitative estimate of drug-likeness (QED) is 0.762. The number of aromatic nitrogens is 1. The lowest BCUT2D eigenvalue weighted by atomic mass is 10.1. The highest BCUT2D eigenvalue weighted by atomic mass is 16.5. The fourth-order valence-electron chi connectivity index (χ4n) is 2.09. The van der Waals surface area contributed by atoms with Crippen LogP contribution in [0.3, 0.4) is 0 Å². The monoisotopic (exact) mass is 327 g/mol. The van der Waals surface area contributed by atoms with E-state index in [0.717, 1.165) is 13.0 Å². The maximum atomic E-state index is 12.5. The number of ether oxygens (including phenoxy) is 1. The minimum absolute atomic E-state index is 0.276. The van der Waals surface area contributed by atoms with E-state index >= 15 is 0 Å². The predicted octanol–water partition coefficient (Wildman–Crippen LogP) is 3.33. The number of pyridine rings is 1. The second-order valence-corrected chi connectivity index (χ2v) is 5.08. The molecule has 0 saturated heterocycles. The number of nitrogens with one attached hydrogen (secondary N) is 2. The van der Waals surface area contributed by atoms with Gasteiger partial charge in [0.15, 0.2) is 0 Å². The van der Waals surface area contributed by atoms with Crippen LogP contribution in [-0.4, -0.2) is 30.0 Å². The van der Waals surface area contributed by atoms with Crippen molar-refractivity contribution in [2.24, 2.45) is 0 Å². The Balaban J connectivity index is 2.17. The Kier molecular flexibility index (Phi) is 6.31. The number of anilines is 2. The van der Waals surface area contributed by atoms with Crippen LogP contribution in [0.2, 0.25) is 0 Å². The topological polar surface area (TPSA) is 80.3 Å². The van der Waals surface area contributed by atoms with Crippen LogP contribution >= 0.6 is 0 Å². The van der Waals surface area contributed by atoms with Crippen molar-refractivity contribution in [1.29, 1.82) is 0 Å². The summed E-state index contributed by atoms with van der Waals surface area (Å²) in [6.45, 7) is 4.85. The van der Waals surface area contributed by atoms with Gasteiger partial charge in [-0.2, -0.15) is 0 Å². The van der Waals surface area contributed by atoms with Crippen molar-refractivity contribution in [2.75, 3.05) is 23.8 Å². The summed E-state index contributed by atoms with van der Waals surface area (Å²) in [4.78, 5) is 28.6. The number of hydrogen-bond acceptors (Lipinski definition) is 5. The highest BCUT2D eigenvalue weighted by Crippen LogP contribution is 2.18. The van der Waals surface area contributed by atoms with E-state index in [1.165, 1.54) is 0 Å². The predicted molar refractivity (Wildman–Crippen MR) is 93.4 cm³/mol. The van der Waals surface area contributed by atoms with Crippen LogP contribution in [0.4, 0.5) is 11.5 Å². The third-order valence-corrected chi connectivity index (χ3v) is 3.25. The molecule has 126 valence electrons. The molecule has 0 atom stereocenters. The minimum Gasteiger partial charge on any atom is -0.462 e. The van der Waals surface area contributed by atoms with Gasteiger partial charge in [0.05, 0.1) is 17.9 Å². The number of para-hydroxylation sites is 1. The molecule has 0 bridgehead atoms. The smallest absolute Gasteiger partial charge is 0.340 e. The summed E-state index contributed by atoms with van der Waals surface area (Å²) < 4.78 is 5.01. The zero-order valence-electron chi connectivity index (χ0n) is 13.8. The molecule has 6 heteroatoms. The van der Waals surface area contributed by atoms with Gasteiger partial charge in [0, 0.05) is 18.3 Å². The molecule has 0 aliphatic rings. The van der Waals surface area contributed by atoms with E-state index in [-0.39, 0.29) is 12.5 Å². The van der Waals surface area contributed by atoms with Gasteiger partial charge in [-0.1, -0.05) is 19.1 Å². The molecule has 0 fully saturated rings. The second kappa shape index (κ2) is 8.67.